The first-order chi connectivity index (χ1) is 9.54. The van der Waals surface area contributed by atoms with Gasteiger partial charge in [0.1, 0.15) is 5.69 Å². The Bertz CT molecular complexity index is 489. The number of nitrogens with one attached hydrogen (secondary N) is 1. The SMILES string of the molecule is CCCCN(CC)C(=O)c1ccc([N+](=O)[O-])c(NC)c1. The maximum absolute atomic E-state index is 12.4. The van der Waals surface area contributed by atoms with Crippen LogP contribution in [0.5, 0.6) is 0 Å². The summed E-state index contributed by atoms with van der Waals surface area (Å²) in [5.74, 6) is -0.0904. The molecule has 1 rings (SSSR count). The quantitative estimate of drug-likeness (QED) is 0.615. The molecule has 0 bridgehead atoms. The maximum atomic E-state index is 12.4. The van der Waals surface area contributed by atoms with Gasteiger partial charge < -0.3 is 10.2 Å². The van der Waals surface area contributed by atoms with Crippen molar-refractivity contribution in [1.82, 2.24) is 4.90 Å². The first-order valence-corrected chi connectivity index (χ1v) is 6.80. The average Bonchev–Trinajstić information content (AvgIpc) is 2.46. The molecule has 110 valence electrons. The van der Waals surface area contributed by atoms with Crippen LogP contribution in [-0.4, -0.2) is 35.9 Å². The van der Waals surface area contributed by atoms with Crippen LogP contribution in [0, 0.1) is 10.1 Å². The van der Waals surface area contributed by atoms with Crippen molar-refractivity contribution < 1.29 is 9.72 Å². The largest absolute Gasteiger partial charge is 0.383 e. The number of anilines is 1. The van der Waals surface area contributed by atoms with E-state index in [4.69, 9.17) is 0 Å². The fourth-order valence-corrected chi connectivity index (χ4v) is 1.96. The summed E-state index contributed by atoms with van der Waals surface area (Å²) >= 11 is 0. The Hall–Kier alpha value is -2.11. The van der Waals surface area contributed by atoms with Gasteiger partial charge in [0.2, 0.25) is 0 Å². The van der Waals surface area contributed by atoms with Crippen LogP contribution in [0.1, 0.15) is 37.0 Å². The second-order valence-corrected chi connectivity index (χ2v) is 4.48. The summed E-state index contributed by atoms with van der Waals surface area (Å²) in [6, 6.07) is 4.41. The van der Waals surface area contributed by atoms with Gasteiger partial charge in [-0.25, -0.2) is 0 Å². The minimum absolute atomic E-state index is 0.0272. The number of hydrogen-bond acceptors (Lipinski definition) is 4. The molecule has 0 spiro atoms. The monoisotopic (exact) mass is 279 g/mol. The number of nitrogens with zero attached hydrogens (tertiary/aromatic N) is 2. The summed E-state index contributed by atoms with van der Waals surface area (Å²) in [5, 5.41) is 13.6. The topological polar surface area (TPSA) is 75.5 Å². The fraction of sp³-hybridized carbons (Fsp3) is 0.500. The molecule has 1 aromatic carbocycles. The number of carbonyl (C=O) groups is 1. The van der Waals surface area contributed by atoms with Crippen molar-refractivity contribution in [1.29, 1.82) is 0 Å². The van der Waals surface area contributed by atoms with E-state index < -0.39 is 4.92 Å². The van der Waals surface area contributed by atoms with Gasteiger partial charge in [-0.05, 0) is 25.5 Å². The molecule has 0 aliphatic rings. The lowest BCUT2D eigenvalue weighted by Crippen LogP contribution is -2.31. The van der Waals surface area contributed by atoms with Gasteiger partial charge in [0.25, 0.3) is 11.6 Å². The van der Waals surface area contributed by atoms with Crippen LogP contribution in [0.25, 0.3) is 0 Å². The third-order valence-corrected chi connectivity index (χ3v) is 3.16. The van der Waals surface area contributed by atoms with E-state index in [1.807, 2.05) is 6.92 Å². The zero-order valence-corrected chi connectivity index (χ0v) is 12.2. The van der Waals surface area contributed by atoms with Crippen molar-refractivity contribution >= 4 is 17.3 Å². The number of carbonyl (C=O) groups excluding carboxylic acids is 1. The third kappa shape index (κ3) is 3.69. The van der Waals surface area contributed by atoms with Crippen LogP contribution in [0.4, 0.5) is 11.4 Å². The normalized spacial score (nSPS) is 10.2. The first-order valence-electron chi connectivity index (χ1n) is 6.80. The van der Waals surface area contributed by atoms with E-state index in [0.717, 1.165) is 12.8 Å². The van der Waals surface area contributed by atoms with Crippen molar-refractivity contribution in [2.75, 3.05) is 25.5 Å². The summed E-state index contributed by atoms with van der Waals surface area (Å²) in [6.07, 6.45) is 1.97. The Kier molecular flexibility index (Phi) is 5.96. The van der Waals surface area contributed by atoms with E-state index in [1.54, 1.807) is 11.9 Å². The summed E-state index contributed by atoms with van der Waals surface area (Å²) in [7, 11) is 1.60. The summed E-state index contributed by atoms with van der Waals surface area (Å²) in [5.41, 5.74) is 0.797. The number of benzene rings is 1. The highest BCUT2D eigenvalue weighted by Crippen LogP contribution is 2.25. The van der Waals surface area contributed by atoms with Gasteiger partial charge in [0.05, 0.1) is 4.92 Å². The van der Waals surface area contributed by atoms with Crippen molar-refractivity contribution in [2.45, 2.75) is 26.7 Å². The van der Waals surface area contributed by atoms with Gasteiger partial charge in [0.15, 0.2) is 0 Å². The van der Waals surface area contributed by atoms with Gasteiger partial charge in [-0.3, -0.25) is 14.9 Å². The molecule has 0 aliphatic heterocycles. The van der Waals surface area contributed by atoms with Crippen LogP contribution < -0.4 is 5.32 Å². The van der Waals surface area contributed by atoms with E-state index in [0.29, 0.717) is 24.3 Å². The zero-order valence-electron chi connectivity index (χ0n) is 12.2. The Balaban J connectivity index is 3.01. The van der Waals surface area contributed by atoms with Crippen LogP contribution >= 0.6 is 0 Å². The molecule has 0 aliphatic carbocycles. The van der Waals surface area contributed by atoms with Gasteiger partial charge >= 0.3 is 0 Å². The lowest BCUT2D eigenvalue weighted by Gasteiger charge is -2.20. The summed E-state index contributed by atoms with van der Waals surface area (Å²) in [4.78, 5) is 24.5. The van der Waals surface area contributed by atoms with E-state index >= 15 is 0 Å². The molecular weight excluding hydrogens is 258 g/mol. The number of nitro benzene ring substituents is 1. The van der Waals surface area contributed by atoms with E-state index in [9.17, 15) is 14.9 Å². The standard InChI is InChI=1S/C14H21N3O3/c1-4-6-9-16(5-2)14(18)11-7-8-13(17(19)20)12(10-11)15-3/h7-8,10,15H,4-6,9H2,1-3H3. The number of rotatable bonds is 7. The first kappa shape index (κ1) is 15.9. The molecule has 6 heteroatoms. The third-order valence-electron chi connectivity index (χ3n) is 3.16. The highest BCUT2D eigenvalue weighted by Gasteiger charge is 2.18. The molecule has 1 N–H and O–H groups in total. The van der Waals surface area contributed by atoms with Crippen molar-refractivity contribution in [3.8, 4) is 0 Å². The molecule has 0 aromatic heterocycles. The molecule has 0 fully saturated rings. The van der Waals surface area contributed by atoms with Crippen LogP contribution in [0.15, 0.2) is 18.2 Å². The number of unbranched alkanes of at least 4 members (excludes halogenated alkanes) is 1. The molecule has 20 heavy (non-hydrogen) atoms. The minimum Gasteiger partial charge on any atom is -0.383 e. The minimum atomic E-state index is -0.464. The van der Waals surface area contributed by atoms with Crippen LogP contribution in [0.3, 0.4) is 0 Å². The molecule has 0 saturated heterocycles. The number of amides is 1. The number of nitro groups is 1. The highest BCUT2D eigenvalue weighted by molar-refractivity contribution is 5.96. The summed E-state index contributed by atoms with van der Waals surface area (Å²) in [6.45, 7) is 5.34. The molecule has 0 unspecified atom stereocenters. The smallest absolute Gasteiger partial charge is 0.292 e. The molecule has 0 radical (unpaired) electrons. The van der Waals surface area contributed by atoms with Crippen LogP contribution in [-0.2, 0) is 0 Å². The molecule has 0 atom stereocenters. The van der Waals surface area contributed by atoms with Crippen LogP contribution in [0.2, 0.25) is 0 Å². The average molecular weight is 279 g/mol. The second kappa shape index (κ2) is 7.47. The van der Waals surface area contributed by atoms with Crippen molar-refractivity contribution in [2.24, 2.45) is 0 Å². The molecule has 6 nitrogen and oxygen atoms in total. The maximum Gasteiger partial charge on any atom is 0.292 e. The number of hydrogen-bond donors (Lipinski definition) is 1. The molecule has 0 heterocycles. The van der Waals surface area contributed by atoms with Gasteiger partial charge in [-0.15, -0.1) is 0 Å². The van der Waals surface area contributed by atoms with E-state index in [-0.39, 0.29) is 11.6 Å². The molecule has 1 amide bonds. The van der Waals surface area contributed by atoms with E-state index in [1.165, 1.54) is 18.2 Å². The Labute approximate surface area is 118 Å². The fourth-order valence-electron chi connectivity index (χ4n) is 1.96. The highest BCUT2D eigenvalue weighted by atomic mass is 16.6. The zero-order chi connectivity index (χ0) is 15.1. The molecule has 1 aromatic rings. The lowest BCUT2D eigenvalue weighted by molar-refractivity contribution is -0.383. The Morgan fingerprint density at radius 2 is 2.10 bits per heavy atom. The second-order valence-electron chi connectivity index (χ2n) is 4.48. The predicted octanol–water partition coefficient (Wildman–Crippen LogP) is 2.90. The van der Waals surface area contributed by atoms with Crippen molar-refractivity contribution in [3.63, 3.8) is 0 Å². The predicted molar refractivity (Wildman–Crippen MR) is 79.1 cm³/mol. The van der Waals surface area contributed by atoms with Gasteiger partial charge in [-0.2, -0.15) is 0 Å². The molecule has 0 saturated carbocycles. The lowest BCUT2D eigenvalue weighted by atomic mass is 10.1. The van der Waals surface area contributed by atoms with Gasteiger partial charge in [0, 0.05) is 31.8 Å². The Morgan fingerprint density at radius 1 is 1.40 bits per heavy atom. The van der Waals surface area contributed by atoms with Gasteiger partial charge in [-0.1, -0.05) is 13.3 Å². The Morgan fingerprint density at radius 3 is 2.60 bits per heavy atom. The van der Waals surface area contributed by atoms with Crippen molar-refractivity contribution in [3.05, 3.63) is 33.9 Å². The van der Waals surface area contributed by atoms with E-state index in [2.05, 4.69) is 12.2 Å². The molecular formula is C14H21N3O3. The summed E-state index contributed by atoms with van der Waals surface area (Å²) < 4.78 is 0.